The highest BCUT2D eigenvalue weighted by atomic mass is 35.5. The van der Waals surface area contributed by atoms with Gasteiger partial charge in [0.2, 0.25) is 0 Å². The van der Waals surface area contributed by atoms with E-state index in [0.717, 1.165) is 4.90 Å². The zero-order valence-electron chi connectivity index (χ0n) is 16.8. The Hall–Kier alpha value is -2.57. The Balaban J connectivity index is 1.63. The molecule has 8 heteroatoms. The first-order chi connectivity index (χ1) is 14.2. The molecule has 0 aliphatic carbocycles. The molecule has 0 atom stereocenters. The molecule has 2 amide bonds. The predicted molar refractivity (Wildman–Crippen MR) is 115 cm³/mol. The van der Waals surface area contributed by atoms with E-state index in [-0.39, 0.29) is 27.1 Å². The number of hydrogen-bond donors (Lipinski definition) is 0. The Kier molecular flexibility index (Phi) is 6.38. The molecular weight excluding hydrogens is 429 g/mol. The van der Waals surface area contributed by atoms with Gasteiger partial charge in [0.1, 0.15) is 5.75 Å². The van der Waals surface area contributed by atoms with Crippen LogP contribution in [0.1, 0.15) is 47.4 Å². The van der Waals surface area contributed by atoms with Crippen LogP contribution in [0.15, 0.2) is 36.4 Å². The number of rotatable bonds is 7. The van der Waals surface area contributed by atoms with E-state index in [1.165, 1.54) is 19.2 Å². The average molecular weight is 450 g/mol. The third-order valence-electron chi connectivity index (χ3n) is 4.98. The highest BCUT2D eigenvalue weighted by Gasteiger charge is 2.37. The number of anilines is 1. The molecular formula is C22H21Cl2NO5. The normalized spacial score (nSPS) is 13.4. The molecule has 1 aliphatic rings. The Labute approximate surface area is 184 Å². The van der Waals surface area contributed by atoms with Crippen molar-refractivity contribution in [1.29, 1.82) is 0 Å². The smallest absolute Gasteiger partial charge is 0.311 e. The summed E-state index contributed by atoms with van der Waals surface area (Å²) in [6.45, 7) is 4.08. The van der Waals surface area contributed by atoms with Gasteiger partial charge in [-0.3, -0.25) is 14.4 Å². The van der Waals surface area contributed by atoms with Crippen molar-refractivity contribution in [2.45, 2.75) is 26.7 Å². The van der Waals surface area contributed by atoms with Crippen molar-refractivity contribution in [2.75, 3.05) is 18.6 Å². The molecule has 2 aromatic rings. The number of benzene rings is 2. The van der Waals surface area contributed by atoms with Crippen LogP contribution < -0.4 is 9.64 Å². The minimum atomic E-state index is -0.570. The van der Waals surface area contributed by atoms with Crippen LogP contribution in [0, 0.1) is 5.41 Å². The van der Waals surface area contributed by atoms with Crippen molar-refractivity contribution >= 4 is 46.7 Å². The van der Waals surface area contributed by atoms with E-state index >= 15 is 0 Å². The van der Waals surface area contributed by atoms with Crippen molar-refractivity contribution in [2.24, 2.45) is 5.41 Å². The maximum absolute atomic E-state index is 12.7. The SMILES string of the molecule is COC(=O)C(C)(C)CCCOc1ccc(N2C(=O)c3cc(Cl)c(Cl)cc3C2=O)cc1. The van der Waals surface area contributed by atoms with Gasteiger partial charge in [-0.05, 0) is 63.1 Å². The second kappa shape index (κ2) is 8.66. The number of carbonyl (C=O) groups excluding carboxylic acids is 3. The van der Waals surface area contributed by atoms with Gasteiger partial charge in [-0.1, -0.05) is 23.2 Å². The van der Waals surface area contributed by atoms with E-state index < -0.39 is 17.2 Å². The summed E-state index contributed by atoms with van der Waals surface area (Å²) in [6, 6.07) is 9.46. The van der Waals surface area contributed by atoms with Crippen LogP contribution in [0.3, 0.4) is 0 Å². The van der Waals surface area contributed by atoms with Crippen molar-refractivity contribution in [3.63, 3.8) is 0 Å². The van der Waals surface area contributed by atoms with E-state index in [1.807, 2.05) is 13.8 Å². The largest absolute Gasteiger partial charge is 0.494 e. The fourth-order valence-electron chi connectivity index (χ4n) is 3.24. The van der Waals surface area contributed by atoms with E-state index in [9.17, 15) is 14.4 Å². The van der Waals surface area contributed by atoms with Crippen LogP contribution in [0.25, 0.3) is 0 Å². The monoisotopic (exact) mass is 449 g/mol. The lowest BCUT2D eigenvalue weighted by molar-refractivity contribution is -0.151. The topological polar surface area (TPSA) is 72.9 Å². The van der Waals surface area contributed by atoms with Gasteiger partial charge in [0.15, 0.2) is 0 Å². The molecule has 0 N–H and O–H groups in total. The maximum Gasteiger partial charge on any atom is 0.311 e. The number of fused-ring (bicyclic) bond motifs is 1. The zero-order chi connectivity index (χ0) is 22.1. The van der Waals surface area contributed by atoms with Gasteiger partial charge in [0.25, 0.3) is 11.8 Å². The summed E-state index contributed by atoms with van der Waals surface area (Å²) >= 11 is 12.0. The first-order valence-corrected chi connectivity index (χ1v) is 10.1. The highest BCUT2D eigenvalue weighted by molar-refractivity contribution is 6.44. The summed E-state index contributed by atoms with van der Waals surface area (Å²) in [5.41, 5.74) is 0.303. The van der Waals surface area contributed by atoms with Crippen LogP contribution in [-0.2, 0) is 9.53 Å². The van der Waals surface area contributed by atoms with Crippen LogP contribution >= 0.6 is 23.2 Å². The van der Waals surface area contributed by atoms with Crippen LogP contribution in [0.4, 0.5) is 5.69 Å². The lowest BCUT2D eigenvalue weighted by Crippen LogP contribution is -2.29. The van der Waals surface area contributed by atoms with Crippen LogP contribution in [0.2, 0.25) is 10.0 Å². The molecule has 6 nitrogen and oxygen atoms in total. The second-order valence-electron chi connectivity index (χ2n) is 7.58. The molecule has 30 heavy (non-hydrogen) atoms. The molecule has 0 spiro atoms. The van der Waals surface area contributed by atoms with Gasteiger partial charge >= 0.3 is 5.97 Å². The van der Waals surface area contributed by atoms with Gasteiger partial charge < -0.3 is 9.47 Å². The molecule has 0 radical (unpaired) electrons. The van der Waals surface area contributed by atoms with E-state index in [1.54, 1.807) is 24.3 Å². The molecule has 1 heterocycles. The van der Waals surface area contributed by atoms with Gasteiger partial charge in [0, 0.05) is 0 Å². The Morgan fingerprint density at radius 3 is 2.03 bits per heavy atom. The molecule has 0 fully saturated rings. The summed E-state index contributed by atoms with van der Waals surface area (Å²) in [5, 5.41) is 0.440. The Bertz CT molecular complexity index is 960. The first kappa shape index (κ1) is 22.1. The fraction of sp³-hybridized carbons (Fsp3) is 0.318. The number of carbonyl (C=O) groups is 3. The number of halogens is 2. The van der Waals surface area contributed by atoms with E-state index in [0.29, 0.717) is 30.9 Å². The number of imide groups is 1. The Morgan fingerprint density at radius 1 is 1.00 bits per heavy atom. The summed E-state index contributed by atoms with van der Waals surface area (Å²) in [4.78, 5) is 38.1. The Morgan fingerprint density at radius 2 is 1.53 bits per heavy atom. The van der Waals surface area contributed by atoms with Crippen molar-refractivity contribution < 1.29 is 23.9 Å². The molecule has 1 aliphatic heterocycles. The van der Waals surface area contributed by atoms with Crippen molar-refractivity contribution in [3.05, 3.63) is 57.6 Å². The quantitative estimate of drug-likeness (QED) is 0.331. The third kappa shape index (κ3) is 4.30. The standard InChI is InChI=1S/C22H21Cl2NO5/c1-22(2,21(28)29-3)9-4-10-30-14-7-5-13(6-8-14)25-19(26)15-11-17(23)18(24)12-16(15)20(25)27/h5-8,11-12H,4,9-10H2,1-3H3. The summed E-state index contributed by atoms with van der Waals surface area (Å²) in [6.07, 6.45) is 1.29. The predicted octanol–water partition coefficient (Wildman–Crippen LogP) is 5.15. The average Bonchev–Trinajstić information content (AvgIpc) is 2.95. The second-order valence-corrected chi connectivity index (χ2v) is 8.39. The van der Waals surface area contributed by atoms with E-state index in [2.05, 4.69) is 0 Å². The van der Waals surface area contributed by atoms with E-state index in [4.69, 9.17) is 32.7 Å². The molecule has 0 aromatic heterocycles. The van der Waals surface area contributed by atoms with Gasteiger partial charge in [-0.15, -0.1) is 0 Å². The summed E-state index contributed by atoms with van der Waals surface area (Å²) < 4.78 is 10.5. The molecule has 2 aromatic carbocycles. The molecule has 0 saturated carbocycles. The number of hydrogen-bond acceptors (Lipinski definition) is 5. The van der Waals surface area contributed by atoms with Crippen LogP contribution in [-0.4, -0.2) is 31.5 Å². The molecule has 3 rings (SSSR count). The van der Waals surface area contributed by atoms with Gasteiger partial charge in [-0.2, -0.15) is 0 Å². The van der Waals surface area contributed by atoms with Crippen LogP contribution in [0.5, 0.6) is 5.75 Å². The number of amides is 2. The zero-order valence-corrected chi connectivity index (χ0v) is 18.3. The minimum Gasteiger partial charge on any atom is -0.494 e. The molecule has 0 bridgehead atoms. The lowest BCUT2D eigenvalue weighted by Gasteiger charge is -2.21. The highest BCUT2D eigenvalue weighted by Crippen LogP contribution is 2.34. The molecule has 158 valence electrons. The fourth-order valence-corrected chi connectivity index (χ4v) is 3.57. The van der Waals surface area contributed by atoms with Crippen molar-refractivity contribution in [3.8, 4) is 5.75 Å². The number of ether oxygens (including phenoxy) is 2. The number of methoxy groups -OCH3 is 1. The van der Waals surface area contributed by atoms with Gasteiger partial charge in [0.05, 0.1) is 46.0 Å². The lowest BCUT2D eigenvalue weighted by atomic mass is 9.88. The number of nitrogens with zero attached hydrogens (tertiary/aromatic N) is 1. The first-order valence-electron chi connectivity index (χ1n) is 9.35. The molecule has 0 saturated heterocycles. The summed E-state index contributed by atoms with van der Waals surface area (Å²) in [7, 11) is 1.37. The maximum atomic E-state index is 12.7. The summed E-state index contributed by atoms with van der Waals surface area (Å²) in [5.74, 6) is -0.563. The van der Waals surface area contributed by atoms with Crippen molar-refractivity contribution in [1.82, 2.24) is 0 Å². The minimum absolute atomic E-state index is 0.220. The number of esters is 1. The van der Waals surface area contributed by atoms with Gasteiger partial charge in [-0.25, -0.2) is 4.90 Å². The third-order valence-corrected chi connectivity index (χ3v) is 5.70. The molecule has 0 unspecified atom stereocenters.